The van der Waals surface area contributed by atoms with E-state index in [1.807, 2.05) is 6.07 Å². The molecule has 0 aliphatic rings. The molecule has 33 heavy (non-hydrogen) atoms. The summed E-state index contributed by atoms with van der Waals surface area (Å²) in [4.78, 5) is 25.7. The summed E-state index contributed by atoms with van der Waals surface area (Å²) >= 11 is 0.937. The molecule has 0 aliphatic carbocycles. The second kappa shape index (κ2) is 13.5. The molecule has 178 valence electrons. The number of halogens is 2. The molecule has 0 radical (unpaired) electrons. The van der Waals surface area contributed by atoms with E-state index < -0.39 is 18.1 Å². The van der Waals surface area contributed by atoms with Crippen LogP contribution in [0.3, 0.4) is 0 Å². The summed E-state index contributed by atoms with van der Waals surface area (Å²) in [6.07, 6.45) is 2.44. The van der Waals surface area contributed by atoms with Gasteiger partial charge in [-0.25, -0.2) is 0 Å². The maximum Gasteiger partial charge on any atom is 0.387 e. The molecule has 1 aromatic heterocycles. The number of hydrogen-bond donors (Lipinski definition) is 1. The number of benzene rings is 1. The summed E-state index contributed by atoms with van der Waals surface area (Å²) in [6.45, 7) is -1.69. The zero-order valence-corrected chi connectivity index (χ0v) is 19.1. The minimum absolute atomic E-state index is 0.0897. The Kier molecular flexibility index (Phi) is 10.7. The van der Waals surface area contributed by atoms with Crippen molar-refractivity contribution >= 4 is 28.9 Å². The van der Waals surface area contributed by atoms with Crippen molar-refractivity contribution in [1.29, 1.82) is 5.26 Å². The molecule has 2 aromatic rings. The molecule has 0 atom stereocenters. The van der Waals surface area contributed by atoms with Gasteiger partial charge in [-0.15, -0.1) is 11.3 Å². The number of rotatable bonds is 12. The molecule has 1 aromatic carbocycles. The van der Waals surface area contributed by atoms with Crippen molar-refractivity contribution in [2.75, 3.05) is 34.0 Å². The number of nitrogens with one attached hydrogen (secondary N) is 1. The smallest absolute Gasteiger partial charge is 0.387 e. The maximum atomic E-state index is 13.1. The lowest BCUT2D eigenvalue weighted by Crippen LogP contribution is -2.35. The lowest BCUT2D eigenvalue weighted by Gasteiger charge is -2.06. The topological polar surface area (TPSA) is 103 Å². The van der Waals surface area contributed by atoms with Gasteiger partial charge in [-0.3, -0.25) is 14.2 Å². The predicted octanol–water partition coefficient (Wildman–Crippen LogP) is 1.20. The van der Waals surface area contributed by atoms with Crippen LogP contribution in [-0.2, 0) is 20.8 Å². The van der Waals surface area contributed by atoms with Crippen molar-refractivity contribution in [1.82, 2.24) is 9.88 Å². The number of nitrogens with zero attached hydrogens (tertiary/aromatic N) is 2. The maximum absolute atomic E-state index is 13.1. The zero-order chi connectivity index (χ0) is 24.2. The van der Waals surface area contributed by atoms with Gasteiger partial charge >= 0.3 is 6.61 Å². The number of carbonyl (C=O) groups is 1. The first-order valence-electron chi connectivity index (χ1n) is 10.1. The normalized spacial score (nSPS) is 12.5. The SMILES string of the molecule is COCCCNC(=O)/C(C#N)=c1\s/c(=C\c2ccccc2OC(F)F)c(=O)n1CCCOC. The number of para-hydroxylation sites is 1. The van der Waals surface area contributed by atoms with Crippen LogP contribution in [0.15, 0.2) is 29.1 Å². The summed E-state index contributed by atoms with van der Waals surface area (Å²) in [6, 6.07) is 7.94. The van der Waals surface area contributed by atoms with Crippen LogP contribution < -0.4 is 24.8 Å². The quantitative estimate of drug-likeness (QED) is 0.457. The van der Waals surface area contributed by atoms with Crippen LogP contribution in [0.1, 0.15) is 18.4 Å². The van der Waals surface area contributed by atoms with E-state index in [2.05, 4.69) is 10.1 Å². The largest absolute Gasteiger partial charge is 0.434 e. The zero-order valence-electron chi connectivity index (χ0n) is 18.3. The monoisotopic (exact) mass is 481 g/mol. The molecule has 0 unspecified atom stereocenters. The summed E-state index contributed by atoms with van der Waals surface area (Å²) < 4.78 is 41.7. The van der Waals surface area contributed by atoms with E-state index >= 15 is 0 Å². The van der Waals surface area contributed by atoms with Crippen molar-refractivity contribution < 1.29 is 27.8 Å². The van der Waals surface area contributed by atoms with E-state index in [1.165, 1.54) is 36.0 Å². The molecule has 2 rings (SSSR count). The highest BCUT2D eigenvalue weighted by Gasteiger charge is 2.16. The van der Waals surface area contributed by atoms with Crippen LogP contribution in [0.5, 0.6) is 5.75 Å². The highest BCUT2D eigenvalue weighted by Crippen LogP contribution is 2.20. The lowest BCUT2D eigenvalue weighted by atomic mass is 10.2. The Labute approximate surface area is 193 Å². The summed E-state index contributed by atoms with van der Waals surface area (Å²) in [5, 5.41) is 12.3. The van der Waals surface area contributed by atoms with Crippen LogP contribution in [-0.4, -0.2) is 51.1 Å². The summed E-state index contributed by atoms with van der Waals surface area (Å²) in [7, 11) is 3.07. The molecule has 1 heterocycles. The Hall–Kier alpha value is -3.07. The molecule has 0 fully saturated rings. The fourth-order valence-corrected chi connectivity index (χ4v) is 4.04. The Balaban J connectivity index is 2.60. The van der Waals surface area contributed by atoms with E-state index in [0.29, 0.717) is 32.6 Å². The van der Waals surface area contributed by atoms with Gasteiger partial charge < -0.3 is 19.5 Å². The number of aromatic nitrogens is 1. The van der Waals surface area contributed by atoms with Gasteiger partial charge in [-0.2, -0.15) is 14.0 Å². The third-order valence-electron chi connectivity index (χ3n) is 4.42. The molecule has 0 aliphatic heterocycles. The van der Waals surface area contributed by atoms with Crippen molar-refractivity contribution in [2.24, 2.45) is 0 Å². The summed E-state index contributed by atoms with van der Waals surface area (Å²) in [5.41, 5.74) is -0.379. The first kappa shape index (κ1) is 26.2. The number of alkyl halides is 2. The molecule has 0 saturated carbocycles. The molecule has 0 saturated heterocycles. The van der Waals surface area contributed by atoms with Gasteiger partial charge in [-0.1, -0.05) is 18.2 Å². The van der Waals surface area contributed by atoms with E-state index in [1.54, 1.807) is 13.2 Å². The van der Waals surface area contributed by atoms with Gasteiger partial charge in [0.05, 0.1) is 4.53 Å². The average Bonchev–Trinajstić information content (AvgIpc) is 3.08. The Morgan fingerprint density at radius 3 is 2.61 bits per heavy atom. The predicted molar refractivity (Wildman–Crippen MR) is 119 cm³/mol. The van der Waals surface area contributed by atoms with Crippen LogP contribution in [0, 0.1) is 11.3 Å². The molecule has 0 bridgehead atoms. The number of methoxy groups -OCH3 is 2. The van der Waals surface area contributed by atoms with Crippen molar-refractivity contribution in [3.05, 3.63) is 49.4 Å². The van der Waals surface area contributed by atoms with Crippen LogP contribution in [0.25, 0.3) is 11.6 Å². The number of carbonyl (C=O) groups excluding carboxylic acids is 1. The Morgan fingerprint density at radius 1 is 1.24 bits per heavy atom. The van der Waals surface area contributed by atoms with Gasteiger partial charge in [0.2, 0.25) is 0 Å². The van der Waals surface area contributed by atoms with Crippen molar-refractivity contribution in [2.45, 2.75) is 26.0 Å². The second-order valence-electron chi connectivity index (χ2n) is 6.72. The molecule has 1 N–H and O–H groups in total. The van der Waals surface area contributed by atoms with Gasteiger partial charge in [-0.05, 0) is 25.0 Å². The first-order valence-corrected chi connectivity index (χ1v) is 10.9. The third-order valence-corrected chi connectivity index (χ3v) is 5.55. The van der Waals surface area contributed by atoms with Gasteiger partial charge in [0.25, 0.3) is 11.5 Å². The number of thiazole rings is 1. The van der Waals surface area contributed by atoms with Crippen molar-refractivity contribution in [3.8, 4) is 11.8 Å². The molecular formula is C22H25F2N3O5S. The van der Waals surface area contributed by atoms with Crippen LogP contribution in [0.2, 0.25) is 0 Å². The standard InChI is InChI=1S/C22H25F2N3O5S/c1-30-11-5-9-26-19(28)16(14-25)21-27(10-6-12-31-2)20(29)18(33-21)13-15-7-3-4-8-17(15)32-22(23)24/h3-4,7-8,13,22H,5-6,9-12H2,1-2H3,(H,26,28)/b18-13-,21-16-. The van der Waals surface area contributed by atoms with E-state index in [-0.39, 0.29) is 32.6 Å². The van der Waals surface area contributed by atoms with E-state index in [9.17, 15) is 23.6 Å². The molecule has 11 heteroatoms. The van der Waals surface area contributed by atoms with E-state index in [4.69, 9.17) is 9.47 Å². The van der Waals surface area contributed by atoms with Crippen LogP contribution in [0.4, 0.5) is 8.78 Å². The summed E-state index contributed by atoms with van der Waals surface area (Å²) in [5.74, 6) is -0.698. The molecular weight excluding hydrogens is 456 g/mol. The first-order chi connectivity index (χ1) is 15.9. The van der Waals surface area contributed by atoms with Gasteiger partial charge in [0.15, 0.2) is 5.57 Å². The van der Waals surface area contributed by atoms with Gasteiger partial charge in [0.1, 0.15) is 16.5 Å². The lowest BCUT2D eigenvalue weighted by molar-refractivity contribution is -0.115. The highest BCUT2D eigenvalue weighted by atomic mass is 32.1. The average molecular weight is 482 g/mol. The molecule has 1 amide bonds. The Bertz CT molecular complexity index is 1150. The fraction of sp³-hybridized carbons (Fsp3) is 0.409. The number of hydrogen-bond acceptors (Lipinski definition) is 7. The Morgan fingerprint density at radius 2 is 1.94 bits per heavy atom. The number of amides is 1. The van der Waals surface area contributed by atoms with Gasteiger partial charge in [0, 0.05) is 46.1 Å². The van der Waals surface area contributed by atoms with Crippen LogP contribution >= 0.6 is 11.3 Å². The number of ether oxygens (including phenoxy) is 3. The minimum atomic E-state index is -3.02. The molecule has 0 spiro atoms. The van der Waals surface area contributed by atoms with E-state index in [0.717, 1.165) is 11.3 Å². The second-order valence-corrected chi connectivity index (χ2v) is 7.75. The molecule has 8 nitrogen and oxygen atoms in total. The third kappa shape index (κ3) is 7.49. The number of nitriles is 1. The minimum Gasteiger partial charge on any atom is -0.434 e. The van der Waals surface area contributed by atoms with Crippen molar-refractivity contribution in [3.63, 3.8) is 0 Å². The highest BCUT2D eigenvalue weighted by molar-refractivity contribution is 7.07. The fourth-order valence-electron chi connectivity index (χ4n) is 2.92.